The van der Waals surface area contributed by atoms with Crippen molar-refractivity contribution in [3.05, 3.63) is 83.9 Å². The summed E-state index contributed by atoms with van der Waals surface area (Å²) in [6.45, 7) is 11.6. The molecule has 0 aliphatic rings. The van der Waals surface area contributed by atoms with Gasteiger partial charge in [-0.05, 0) is 25.0 Å². The van der Waals surface area contributed by atoms with E-state index < -0.39 is 0 Å². The van der Waals surface area contributed by atoms with Crippen LogP contribution < -0.4 is 0 Å². The maximum Gasteiger partial charge on any atom is -0.0190 e. The van der Waals surface area contributed by atoms with Crippen LogP contribution in [0, 0.1) is 13.8 Å². The van der Waals surface area contributed by atoms with Gasteiger partial charge in [-0.2, -0.15) is 0 Å². The molecule has 2 aromatic rings. The van der Waals surface area contributed by atoms with Crippen molar-refractivity contribution in [1.82, 2.24) is 0 Å². The summed E-state index contributed by atoms with van der Waals surface area (Å²) in [5.74, 6) is 0. The molecule has 0 N–H and O–H groups in total. The van der Waals surface area contributed by atoms with Crippen LogP contribution in [0.5, 0.6) is 0 Å². The van der Waals surface area contributed by atoms with Crippen LogP contribution in [0.15, 0.2) is 61.7 Å². The summed E-state index contributed by atoms with van der Waals surface area (Å²) >= 11 is 0. The van der Waals surface area contributed by atoms with E-state index in [4.69, 9.17) is 0 Å². The van der Waals surface area contributed by atoms with Gasteiger partial charge in [0.1, 0.15) is 0 Å². The molecule has 0 saturated carbocycles. The Morgan fingerprint density at radius 3 is 1.28 bits per heavy atom. The van der Waals surface area contributed by atoms with Gasteiger partial charge in [-0.1, -0.05) is 85.0 Å². The van der Waals surface area contributed by atoms with E-state index in [1.165, 1.54) is 11.1 Å². The van der Waals surface area contributed by atoms with Gasteiger partial charge in [-0.3, -0.25) is 0 Å². The third-order valence-corrected chi connectivity index (χ3v) is 2.65. The number of aryl methyl sites for hydroxylation is 2. The minimum absolute atomic E-state index is 1.14. The van der Waals surface area contributed by atoms with Gasteiger partial charge in [0, 0.05) is 0 Å². The monoisotopic (exact) mass is 236 g/mol. The van der Waals surface area contributed by atoms with Crippen molar-refractivity contribution in [2.45, 2.75) is 13.8 Å². The Morgan fingerprint density at radius 1 is 0.667 bits per heavy atom. The molecule has 92 valence electrons. The van der Waals surface area contributed by atoms with E-state index in [1.807, 2.05) is 36.4 Å². The number of hydrogen-bond donors (Lipinski definition) is 0. The molecular weight excluding hydrogens is 216 g/mol. The Labute approximate surface area is 110 Å². The molecule has 0 atom stereocenters. The van der Waals surface area contributed by atoms with Crippen molar-refractivity contribution in [3.63, 3.8) is 0 Å². The molecule has 2 rings (SSSR count). The summed E-state index contributed by atoms with van der Waals surface area (Å²) in [4.78, 5) is 0. The van der Waals surface area contributed by atoms with Crippen molar-refractivity contribution in [2.75, 3.05) is 0 Å². The predicted octanol–water partition coefficient (Wildman–Crippen LogP) is 5.28. The van der Waals surface area contributed by atoms with Crippen molar-refractivity contribution < 1.29 is 0 Å². The van der Waals surface area contributed by atoms with E-state index in [9.17, 15) is 0 Å². The second-order valence-electron chi connectivity index (χ2n) is 4.19. The highest BCUT2D eigenvalue weighted by molar-refractivity contribution is 5.63. The fraction of sp³-hybridized carbons (Fsp3) is 0.111. The molecule has 0 aromatic heterocycles. The number of benzene rings is 2. The first-order chi connectivity index (χ1) is 8.67. The van der Waals surface area contributed by atoms with Gasteiger partial charge in [-0.25, -0.2) is 0 Å². The van der Waals surface area contributed by atoms with Crippen LogP contribution >= 0.6 is 0 Å². The largest absolute Gasteiger partial charge is 0.0984 e. The summed E-state index contributed by atoms with van der Waals surface area (Å²) in [5.41, 5.74) is 4.93. The van der Waals surface area contributed by atoms with Crippen LogP contribution in [0.4, 0.5) is 0 Å². The van der Waals surface area contributed by atoms with Crippen LogP contribution in [0.3, 0.4) is 0 Å². The zero-order valence-corrected chi connectivity index (χ0v) is 11.2. The second kappa shape index (κ2) is 7.29. The van der Waals surface area contributed by atoms with E-state index in [1.54, 1.807) is 0 Å². The molecule has 0 nitrogen and oxygen atoms in total. The Kier molecular flexibility index (Phi) is 5.66. The lowest BCUT2D eigenvalue weighted by Gasteiger charge is -1.96. The molecule has 0 fully saturated rings. The summed E-state index contributed by atoms with van der Waals surface area (Å²) in [6.07, 6.45) is 3.66. The van der Waals surface area contributed by atoms with Gasteiger partial charge in [0.15, 0.2) is 0 Å². The van der Waals surface area contributed by atoms with Gasteiger partial charge in [-0.15, -0.1) is 0 Å². The van der Waals surface area contributed by atoms with Gasteiger partial charge < -0.3 is 0 Å². The van der Waals surface area contributed by atoms with Crippen LogP contribution in [0.2, 0.25) is 0 Å². The molecular formula is C18H20. The normalized spacial score (nSPS) is 9.00. The third-order valence-electron chi connectivity index (χ3n) is 2.65. The predicted molar refractivity (Wildman–Crippen MR) is 82.5 cm³/mol. The Morgan fingerprint density at radius 2 is 1.00 bits per heavy atom. The standard InChI is InChI=1S/C10H10.C8H10/c1-3-9-7-5-6-8-10(9)4-2;1-7-3-5-8(2)6-4-7/h3-8H,1-2H2;3-6H,1-2H3. The summed E-state index contributed by atoms with van der Waals surface area (Å²) in [6, 6.07) is 16.5. The first kappa shape index (κ1) is 14.0. The molecule has 0 aliphatic carbocycles. The van der Waals surface area contributed by atoms with E-state index >= 15 is 0 Å². The zero-order chi connectivity index (χ0) is 13.4. The maximum atomic E-state index is 3.69. The SMILES string of the molecule is C=Cc1ccccc1C=C.Cc1ccc(C)cc1. The molecule has 0 bridgehead atoms. The number of hydrogen-bond acceptors (Lipinski definition) is 0. The highest BCUT2D eigenvalue weighted by atomic mass is 13.9. The topological polar surface area (TPSA) is 0 Å². The van der Waals surface area contributed by atoms with Crippen LogP contribution in [0.1, 0.15) is 22.3 Å². The molecule has 0 amide bonds. The Hall–Kier alpha value is -2.08. The van der Waals surface area contributed by atoms with Crippen LogP contribution in [-0.2, 0) is 0 Å². The van der Waals surface area contributed by atoms with Crippen LogP contribution in [-0.4, -0.2) is 0 Å². The lowest BCUT2D eigenvalue weighted by atomic mass is 10.1. The quantitative estimate of drug-likeness (QED) is 0.665. The van der Waals surface area contributed by atoms with Gasteiger partial charge in [0.2, 0.25) is 0 Å². The Balaban J connectivity index is 0.000000184. The second-order valence-corrected chi connectivity index (χ2v) is 4.19. The molecule has 0 saturated heterocycles. The molecule has 0 heteroatoms. The fourth-order valence-electron chi connectivity index (χ4n) is 1.52. The lowest BCUT2D eigenvalue weighted by molar-refractivity contribution is 1.40. The highest BCUT2D eigenvalue weighted by Crippen LogP contribution is 2.10. The third kappa shape index (κ3) is 4.42. The van der Waals surface area contributed by atoms with E-state index in [2.05, 4.69) is 51.3 Å². The van der Waals surface area contributed by atoms with Gasteiger partial charge in [0.25, 0.3) is 0 Å². The highest BCUT2D eigenvalue weighted by Gasteiger charge is 1.89. The minimum atomic E-state index is 1.14. The molecule has 0 unspecified atom stereocenters. The van der Waals surface area contributed by atoms with Gasteiger partial charge >= 0.3 is 0 Å². The molecule has 0 radical (unpaired) electrons. The van der Waals surface area contributed by atoms with E-state index in [0.29, 0.717) is 0 Å². The average molecular weight is 236 g/mol. The van der Waals surface area contributed by atoms with E-state index in [-0.39, 0.29) is 0 Å². The van der Waals surface area contributed by atoms with Gasteiger partial charge in [0.05, 0.1) is 0 Å². The van der Waals surface area contributed by atoms with Crippen molar-refractivity contribution in [3.8, 4) is 0 Å². The molecule has 2 aromatic carbocycles. The molecule has 18 heavy (non-hydrogen) atoms. The van der Waals surface area contributed by atoms with Crippen LogP contribution in [0.25, 0.3) is 12.2 Å². The lowest BCUT2D eigenvalue weighted by Crippen LogP contribution is -1.76. The first-order valence-electron chi connectivity index (χ1n) is 6.04. The first-order valence-corrected chi connectivity index (χ1v) is 6.04. The maximum absolute atomic E-state index is 3.69. The Bertz CT molecular complexity index is 456. The summed E-state index contributed by atoms with van der Waals surface area (Å²) < 4.78 is 0. The molecule has 0 aliphatic heterocycles. The zero-order valence-electron chi connectivity index (χ0n) is 11.2. The van der Waals surface area contributed by atoms with Crippen molar-refractivity contribution in [1.29, 1.82) is 0 Å². The smallest absolute Gasteiger partial charge is 0.0190 e. The minimum Gasteiger partial charge on any atom is -0.0984 e. The molecule has 0 heterocycles. The number of rotatable bonds is 2. The fourth-order valence-corrected chi connectivity index (χ4v) is 1.52. The molecule has 0 spiro atoms. The average Bonchev–Trinajstić information content (AvgIpc) is 2.42. The van der Waals surface area contributed by atoms with Crippen molar-refractivity contribution in [2.24, 2.45) is 0 Å². The van der Waals surface area contributed by atoms with E-state index in [0.717, 1.165) is 11.1 Å². The summed E-state index contributed by atoms with van der Waals surface area (Å²) in [7, 11) is 0. The van der Waals surface area contributed by atoms with Crippen molar-refractivity contribution >= 4 is 12.2 Å². The summed E-state index contributed by atoms with van der Waals surface area (Å²) in [5, 5.41) is 0.